The lowest BCUT2D eigenvalue weighted by Crippen LogP contribution is -1.78. The average molecular weight is 138 g/mol. The fraction of sp³-hybridized carbons (Fsp3) is 0.333. The molecule has 0 aliphatic rings. The number of nitrogens with zero attached hydrogens (tertiary/aromatic N) is 2. The van der Waals surface area contributed by atoms with E-state index in [0.29, 0.717) is 5.69 Å². The lowest BCUT2D eigenvalue weighted by molar-refractivity contribution is 1.15. The molecular formula is C6H6N2S. The first-order valence-electron chi connectivity index (χ1n) is 2.71. The highest BCUT2D eigenvalue weighted by atomic mass is 32.1. The van der Waals surface area contributed by atoms with Crippen molar-refractivity contribution in [2.45, 2.75) is 13.3 Å². The van der Waals surface area contributed by atoms with Gasteiger partial charge in [0.05, 0.1) is 5.51 Å². The van der Waals surface area contributed by atoms with Crippen LogP contribution in [0.4, 0.5) is 0 Å². The Morgan fingerprint density at radius 2 is 2.67 bits per heavy atom. The Labute approximate surface area is 57.8 Å². The first-order chi connectivity index (χ1) is 4.38. The largest absolute Gasteiger partial charge is 0.234 e. The van der Waals surface area contributed by atoms with Gasteiger partial charge in [-0.05, 0) is 6.42 Å². The van der Waals surface area contributed by atoms with Gasteiger partial charge in [-0.1, -0.05) is 6.92 Å². The average Bonchev–Trinajstić information content (AvgIpc) is 2.33. The molecule has 3 heteroatoms. The number of hydrogen-bond acceptors (Lipinski definition) is 3. The summed E-state index contributed by atoms with van der Waals surface area (Å²) in [7, 11) is 0. The van der Waals surface area contributed by atoms with E-state index in [9.17, 15) is 0 Å². The summed E-state index contributed by atoms with van der Waals surface area (Å²) in [6, 6.07) is 2.03. The van der Waals surface area contributed by atoms with E-state index in [0.717, 1.165) is 11.3 Å². The zero-order valence-electron chi connectivity index (χ0n) is 5.09. The van der Waals surface area contributed by atoms with Crippen LogP contribution in [0.3, 0.4) is 0 Å². The first-order valence-corrected chi connectivity index (χ1v) is 3.59. The number of aryl methyl sites for hydroxylation is 1. The van der Waals surface area contributed by atoms with Crippen LogP contribution in [-0.2, 0) is 6.42 Å². The van der Waals surface area contributed by atoms with Crippen molar-refractivity contribution >= 4 is 11.3 Å². The second-order valence-electron chi connectivity index (χ2n) is 1.59. The maximum Gasteiger partial charge on any atom is 0.154 e. The molecule has 0 aliphatic carbocycles. The fourth-order valence-electron chi connectivity index (χ4n) is 0.612. The molecule has 0 aromatic carbocycles. The number of thiazole rings is 1. The van der Waals surface area contributed by atoms with Gasteiger partial charge in [-0.15, -0.1) is 11.3 Å². The third-order valence-electron chi connectivity index (χ3n) is 1.07. The summed E-state index contributed by atoms with van der Waals surface area (Å²) < 4.78 is 0. The monoisotopic (exact) mass is 138 g/mol. The predicted octanol–water partition coefficient (Wildman–Crippen LogP) is 1.58. The third kappa shape index (κ3) is 1.08. The topological polar surface area (TPSA) is 36.7 Å². The molecule has 1 rings (SSSR count). The quantitative estimate of drug-likeness (QED) is 0.590. The van der Waals surface area contributed by atoms with Crippen LogP contribution in [0.15, 0.2) is 5.51 Å². The van der Waals surface area contributed by atoms with E-state index in [-0.39, 0.29) is 0 Å². The van der Waals surface area contributed by atoms with Crippen molar-refractivity contribution in [3.8, 4) is 6.07 Å². The molecule has 0 saturated heterocycles. The zero-order valence-corrected chi connectivity index (χ0v) is 5.90. The van der Waals surface area contributed by atoms with E-state index >= 15 is 0 Å². The van der Waals surface area contributed by atoms with Crippen LogP contribution in [-0.4, -0.2) is 4.98 Å². The Morgan fingerprint density at radius 3 is 3.11 bits per heavy atom. The highest BCUT2D eigenvalue weighted by molar-refractivity contribution is 7.09. The highest BCUT2D eigenvalue weighted by Crippen LogP contribution is 2.11. The summed E-state index contributed by atoms with van der Waals surface area (Å²) in [5.74, 6) is 0. The minimum absolute atomic E-state index is 0.586. The number of nitriles is 1. The molecule has 1 aromatic heterocycles. The molecule has 0 fully saturated rings. The number of hydrogen-bond donors (Lipinski definition) is 0. The van der Waals surface area contributed by atoms with Gasteiger partial charge in [-0.2, -0.15) is 5.26 Å². The first kappa shape index (κ1) is 6.24. The van der Waals surface area contributed by atoms with Crippen molar-refractivity contribution in [1.29, 1.82) is 5.26 Å². The standard InChI is InChI=1S/C6H6N2S/c1-2-6-5(3-7)8-4-9-6/h4H,2H2,1H3. The Kier molecular flexibility index (Phi) is 1.81. The van der Waals surface area contributed by atoms with Gasteiger partial charge >= 0.3 is 0 Å². The SMILES string of the molecule is CCc1scnc1C#N. The third-order valence-corrected chi connectivity index (χ3v) is 2.05. The van der Waals surface area contributed by atoms with Gasteiger partial charge in [0.25, 0.3) is 0 Å². The van der Waals surface area contributed by atoms with Crippen molar-refractivity contribution in [3.63, 3.8) is 0 Å². The molecule has 1 aromatic rings. The van der Waals surface area contributed by atoms with Gasteiger partial charge < -0.3 is 0 Å². The molecule has 1 heterocycles. The molecule has 46 valence electrons. The molecule has 0 aliphatic heterocycles. The molecule has 0 saturated carbocycles. The second-order valence-corrected chi connectivity index (χ2v) is 2.53. The summed E-state index contributed by atoms with van der Waals surface area (Å²) in [5.41, 5.74) is 2.29. The predicted molar refractivity (Wildman–Crippen MR) is 36.2 cm³/mol. The van der Waals surface area contributed by atoms with E-state index in [1.165, 1.54) is 0 Å². The van der Waals surface area contributed by atoms with Gasteiger partial charge in [0.1, 0.15) is 6.07 Å². The Hall–Kier alpha value is -0.880. The van der Waals surface area contributed by atoms with Crippen molar-refractivity contribution < 1.29 is 0 Å². The Morgan fingerprint density at radius 1 is 1.89 bits per heavy atom. The van der Waals surface area contributed by atoms with Crippen LogP contribution in [0, 0.1) is 11.3 Å². The summed E-state index contributed by atoms with van der Waals surface area (Å²) in [5, 5.41) is 8.43. The zero-order chi connectivity index (χ0) is 6.69. The molecular weight excluding hydrogens is 132 g/mol. The molecule has 0 unspecified atom stereocenters. The molecule has 0 bridgehead atoms. The summed E-state index contributed by atoms with van der Waals surface area (Å²) in [6.45, 7) is 2.02. The van der Waals surface area contributed by atoms with Crippen LogP contribution in [0.5, 0.6) is 0 Å². The maximum atomic E-state index is 8.43. The molecule has 0 atom stereocenters. The molecule has 2 nitrogen and oxygen atoms in total. The van der Waals surface area contributed by atoms with E-state index in [1.807, 2.05) is 13.0 Å². The van der Waals surface area contributed by atoms with Gasteiger partial charge in [0.15, 0.2) is 5.69 Å². The van der Waals surface area contributed by atoms with Crippen molar-refractivity contribution in [2.75, 3.05) is 0 Å². The van der Waals surface area contributed by atoms with Gasteiger partial charge in [0, 0.05) is 4.88 Å². The molecule has 0 amide bonds. The number of aromatic nitrogens is 1. The van der Waals surface area contributed by atoms with Crippen molar-refractivity contribution in [2.24, 2.45) is 0 Å². The van der Waals surface area contributed by atoms with Gasteiger partial charge in [0.2, 0.25) is 0 Å². The van der Waals surface area contributed by atoms with E-state index in [4.69, 9.17) is 5.26 Å². The number of rotatable bonds is 1. The van der Waals surface area contributed by atoms with Crippen LogP contribution in [0.25, 0.3) is 0 Å². The van der Waals surface area contributed by atoms with Crippen LogP contribution < -0.4 is 0 Å². The van der Waals surface area contributed by atoms with Gasteiger partial charge in [-0.25, -0.2) is 4.98 Å². The maximum absolute atomic E-state index is 8.43. The summed E-state index contributed by atoms with van der Waals surface area (Å²) in [4.78, 5) is 4.94. The van der Waals surface area contributed by atoms with Crippen LogP contribution >= 0.6 is 11.3 Å². The Balaban J connectivity index is 3.02. The molecule has 9 heavy (non-hydrogen) atoms. The second kappa shape index (κ2) is 2.60. The molecule has 0 N–H and O–H groups in total. The summed E-state index contributed by atoms with van der Waals surface area (Å²) in [6.07, 6.45) is 0.910. The van der Waals surface area contributed by atoms with Crippen LogP contribution in [0.1, 0.15) is 17.5 Å². The van der Waals surface area contributed by atoms with Crippen molar-refractivity contribution in [3.05, 3.63) is 16.1 Å². The van der Waals surface area contributed by atoms with Crippen LogP contribution in [0.2, 0.25) is 0 Å². The Bertz CT molecular complexity index is 233. The summed E-state index contributed by atoms with van der Waals surface area (Å²) >= 11 is 1.54. The minimum Gasteiger partial charge on any atom is -0.234 e. The lowest BCUT2D eigenvalue weighted by atomic mass is 10.3. The normalized spacial score (nSPS) is 8.89. The van der Waals surface area contributed by atoms with Gasteiger partial charge in [-0.3, -0.25) is 0 Å². The minimum atomic E-state index is 0.586. The fourth-order valence-corrected chi connectivity index (χ4v) is 1.27. The highest BCUT2D eigenvalue weighted by Gasteiger charge is 1.99. The molecule has 0 spiro atoms. The lowest BCUT2D eigenvalue weighted by Gasteiger charge is -1.83. The molecule has 0 radical (unpaired) electrons. The van der Waals surface area contributed by atoms with E-state index < -0.39 is 0 Å². The van der Waals surface area contributed by atoms with E-state index in [2.05, 4.69) is 4.98 Å². The van der Waals surface area contributed by atoms with E-state index in [1.54, 1.807) is 16.8 Å². The smallest absolute Gasteiger partial charge is 0.154 e. The van der Waals surface area contributed by atoms with Crippen molar-refractivity contribution in [1.82, 2.24) is 4.98 Å².